The number of carboxylic acid groups (broad SMARTS) is 1. The number of benzene rings is 1. The van der Waals surface area contributed by atoms with Gasteiger partial charge in [-0.1, -0.05) is 31.4 Å². The second-order valence-electron chi connectivity index (χ2n) is 5.50. The molecule has 1 aromatic rings. The maximum atomic E-state index is 11.5. The summed E-state index contributed by atoms with van der Waals surface area (Å²) in [5.74, 6) is 0.0543. The van der Waals surface area contributed by atoms with Crippen LogP contribution in [0.2, 0.25) is 5.02 Å². The van der Waals surface area contributed by atoms with E-state index in [4.69, 9.17) is 11.6 Å². The molecule has 1 aliphatic carbocycles. The summed E-state index contributed by atoms with van der Waals surface area (Å²) in [6.45, 7) is 2.20. The van der Waals surface area contributed by atoms with Crippen molar-refractivity contribution in [3.8, 4) is 0 Å². The van der Waals surface area contributed by atoms with Gasteiger partial charge in [-0.3, -0.25) is 0 Å². The summed E-state index contributed by atoms with van der Waals surface area (Å²) in [6.07, 6.45) is 4.31. The number of hydrogen-bond acceptors (Lipinski definition) is 2. The third-order valence-corrected chi connectivity index (χ3v) is 4.13. The van der Waals surface area contributed by atoms with Crippen molar-refractivity contribution in [1.29, 1.82) is 0 Å². The van der Waals surface area contributed by atoms with Gasteiger partial charge in [0, 0.05) is 10.7 Å². The van der Waals surface area contributed by atoms with Gasteiger partial charge in [-0.15, -0.1) is 0 Å². The molecule has 2 rings (SSSR count). The van der Waals surface area contributed by atoms with E-state index in [1.165, 1.54) is 6.42 Å². The lowest BCUT2D eigenvalue weighted by molar-refractivity contribution is -0.139. The molecule has 2 N–H and O–H groups in total. The monoisotopic (exact) mass is 281 g/mol. The maximum Gasteiger partial charge on any atom is 0.326 e. The molecular formula is C15H20ClNO2. The summed E-state index contributed by atoms with van der Waals surface area (Å²) in [5, 5.41) is 13.2. The fraction of sp³-hybridized carbons (Fsp3) is 0.533. The van der Waals surface area contributed by atoms with Crippen LogP contribution in [0.25, 0.3) is 0 Å². The molecule has 3 nitrogen and oxygen atoms in total. The fourth-order valence-corrected chi connectivity index (χ4v) is 3.02. The molecule has 0 radical (unpaired) electrons. The van der Waals surface area contributed by atoms with Crippen molar-refractivity contribution in [2.24, 2.45) is 11.8 Å². The van der Waals surface area contributed by atoms with Gasteiger partial charge in [0.1, 0.15) is 6.04 Å². The largest absolute Gasteiger partial charge is 0.480 e. The number of rotatable bonds is 4. The highest BCUT2D eigenvalue weighted by atomic mass is 35.5. The minimum atomic E-state index is -0.769. The highest BCUT2D eigenvalue weighted by Crippen LogP contribution is 2.32. The first-order valence-corrected chi connectivity index (χ1v) is 7.19. The quantitative estimate of drug-likeness (QED) is 0.876. The van der Waals surface area contributed by atoms with Crippen LogP contribution >= 0.6 is 11.6 Å². The molecule has 4 heteroatoms. The van der Waals surface area contributed by atoms with Crippen LogP contribution in [-0.4, -0.2) is 17.1 Å². The average Bonchev–Trinajstić information content (AvgIpc) is 2.37. The number of anilines is 1. The number of hydrogen-bond donors (Lipinski definition) is 2. The van der Waals surface area contributed by atoms with Gasteiger partial charge < -0.3 is 10.4 Å². The second kappa shape index (κ2) is 6.29. The molecule has 19 heavy (non-hydrogen) atoms. The first-order valence-electron chi connectivity index (χ1n) is 6.81. The predicted octanol–water partition coefficient (Wildman–Crippen LogP) is 4.03. The molecule has 3 atom stereocenters. The molecule has 0 saturated heterocycles. The van der Waals surface area contributed by atoms with E-state index in [1.54, 1.807) is 12.1 Å². The summed E-state index contributed by atoms with van der Waals surface area (Å²) in [4.78, 5) is 11.5. The Kier molecular flexibility index (Phi) is 4.70. The second-order valence-corrected chi connectivity index (χ2v) is 5.94. The molecule has 0 bridgehead atoms. The molecule has 1 fully saturated rings. The van der Waals surface area contributed by atoms with Gasteiger partial charge in [-0.2, -0.15) is 0 Å². The standard InChI is InChI=1S/C15H20ClNO2/c1-10-3-2-4-11(9-10)14(15(18)19)17-13-7-5-12(16)6-8-13/h5-8,10-11,14,17H,2-4,9H2,1H3,(H,18,19). The number of halogens is 1. The molecule has 1 saturated carbocycles. The number of aliphatic carboxylic acids is 1. The Labute approximate surface area is 119 Å². The topological polar surface area (TPSA) is 49.3 Å². The van der Waals surface area contributed by atoms with Crippen LogP contribution in [0.4, 0.5) is 5.69 Å². The zero-order chi connectivity index (χ0) is 13.8. The summed E-state index contributed by atoms with van der Waals surface area (Å²) >= 11 is 5.83. The van der Waals surface area contributed by atoms with E-state index < -0.39 is 12.0 Å². The van der Waals surface area contributed by atoms with Gasteiger partial charge in [0.25, 0.3) is 0 Å². The highest BCUT2D eigenvalue weighted by molar-refractivity contribution is 6.30. The lowest BCUT2D eigenvalue weighted by Crippen LogP contribution is -2.39. The lowest BCUT2D eigenvalue weighted by Gasteiger charge is -2.32. The number of nitrogens with one attached hydrogen (secondary N) is 1. The van der Waals surface area contributed by atoms with Gasteiger partial charge in [0.2, 0.25) is 0 Å². The smallest absolute Gasteiger partial charge is 0.326 e. The average molecular weight is 282 g/mol. The lowest BCUT2D eigenvalue weighted by atomic mass is 9.78. The molecule has 1 aliphatic rings. The Morgan fingerprint density at radius 3 is 2.63 bits per heavy atom. The first kappa shape index (κ1) is 14.2. The first-order chi connectivity index (χ1) is 9.06. The van der Waals surface area contributed by atoms with Crippen molar-refractivity contribution in [2.75, 3.05) is 5.32 Å². The minimum absolute atomic E-state index is 0.205. The van der Waals surface area contributed by atoms with Gasteiger partial charge in [0.05, 0.1) is 0 Å². The molecular weight excluding hydrogens is 262 g/mol. The normalized spacial score (nSPS) is 24.7. The fourth-order valence-electron chi connectivity index (χ4n) is 2.89. The highest BCUT2D eigenvalue weighted by Gasteiger charge is 2.31. The van der Waals surface area contributed by atoms with Crippen LogP contribution < -0.4 is 5.32 Å². The molecule has 0 aromatic heterocycles. The van der Waals surface area contributed by atoms with E-state index in [0.29, 0.717) is 10.9 Å². The minimum Gasteiger partial charge on any atom is -0.480 e. The molecule has 0 aliphatic heterocycles. The zero-order valence-electron chi connectivity index (χ0n) is 11.1. The summed E-state index contributed by atoms with van der Waals surface area (Å²) in [7, 11) is 0. The van der Waals surface area contributed by atoms with E-state index in [-0.39, 0.29) is 5.92 Å². The van der Waals surface area contributed by atoms with Crippen molar-refractivity contribution < 1.29 is 9.90 Å². The Balaban J connectivity index is 2.07. The van der Waals surface area contributed by atoms with E-state index >= 15 is 0 Å². The van der Waals surface area contributed by atoms with Crippen LogP contribution in [0.5, 0.6) is 0 Å². The Morgan fingerprint density at radius 1 is 1.37 bits per heavy atom. The molecule has 0 heterocycles. The van der Waals surface area contributed by atoms with Gasteiger partial charge >= 0.3 is 5.97 Å². The SMILES string of the molecule is CC1CCCC(C(Nc2ccc(Cl)cc2)C(=O)O)C1. The molecule has 0 spiro atoms. The van der Waals surface area contributed by atoms with Crippen LogP contribution in [-0.2, 0) is 4.79 Å². The summed E-state index contributed by atoms with van der Waals surface area (Å²) in [5.41, 5.74) is 0.815. The Hall–Kier alpha value is -1.22. The summed E-state index contributed by atoms with van der Waals surface area (Å²) in [6, 6.07) is 6.68. The molecule has 3 unspecified atom stereocenters. The number of carboxylic acids is 1. The van der Waals surface area contributed by atoms with Crippen molar-refractivity contribution >= 4 is 23.3 Å². The summed E-state index contributed by atoms with van der Waals surface area (Å²) < 4.78 is 0. The predicted molar refractivity (Wildman–Crippen MR) is 77.6 cm³/mol. The van der Waals surface area contributed by atoms with E-state index in [9.17, 15) is 9.90 Å². The molecule has 0 amide bonds. The van der Waals surface area contributed by atoms with Gasteiger partial charge in [0.15, 0.2) is 0 Å². The van der Waals surface area contributed by atoms with Gasteiger partial charge in [-0.25, -0.2) is 4.79 Å². The van der Waals surface area contributed by atoms with E-state index in [1.807, 2.05) is 12.1 Å². The van der Waals surface area contributed by atoms with E-state index in [0.717, 1.165) is 24.9 Å². The van der Waals surface area contributed by atoms with Crippen molar-refractivity contribution in [2.45, 2.75) is 38.6 Å². The van der Waals surface area contributed by atoms with Crippen molar-refractivity contribution in [3.63, 3.8) is 0 Å². The van der Waals surface area contributed by atoms with Gasteiger partial charge in [-0.05, 0) is 48.9 Å². The molecule has 104 valence electrons. The molecule has 1 aromatic carbocycles. The van der Waals surface area contributed by atoms with Crippen molar-refractivity contribution in [1.82, 2.24) is 0 Å². The van der Waals surface area contributed by atoms with Crippen LogP contribution in [0.15, 0.2) is 24.3 Å². The van der Waals surface area contributed by atoms with Crippen LogP contribution in [0, 0.1) is 11.8 Å². The Morgan fingerprint density at radius 2 is 2.05 bits per heavy atom. The van der Waals surface area contributed by atoms with E-state index in [2.05, 4.69) is 12.2 Å². The number of carbonyl (C=O) groups is 1. The van der Waals surface area contributed by atoms with Crippen LogP contribution in [0.1, 0.15) is 32.6 Å². The Bertz CT molecular complexity index is 432. The maximum absolute atomic E-state index is 11.5. The third-order valence-electron chi connectivity index (χ3n) is 3.88. The van der Waals surface area contributed by atoms with Crippen LogP contribution in [0.3, 0.4) is 0 Å². The zero-order valence-corrected chi connectivity index (χ0v) is 11.9. The van der Waals surface area contributed by atoms with Crippen molar-refractivity contribution in [3.05, 3.63) is 29.3 Å². The third kappa shape index (κ3) is 3.87.